The van der Waals surface area contributed by atoms with Gasteiger partial charge in [-0.1, -0.05) is 19.9 Å². The minimum atomic E-state index is -3.99. The highest BCUT2D eigenvalue weighted by molar-refractivity contribution is 7.89. The van der Waals surface area contributed by atoms with Crippen LogP contribution in [0.4, 0.5) is 0 Å². The van der Waals surface area contributed by atoms with Crippen molar-refractivity contribution in [3.05, 3.63) is 29.3 Å². The first kappa shape index (κ1) is 19.1. The lowest BCUT2D eigenvalue weighted by Gasteiger charge is -2.18. The average molecular weight is 342 g/mol. The van der Waals surface area contributed by atoms with Crippen LogP contribution in [0.25, 0.3) is 0 Å². The van der Waals surface area contributed by atoms with E-state index in [4.69, 9.17) is 5.73 Å². The molecule has 3 N–H and O–H groups in total. The molecule has 7 nitrogen and oxygen atoms in total. The smallest absolute Gasteiger partial charge is 0.323 e. The first-order valence-electron chi connectivity index (χ1n) is 7.09. The van der Waals surface area contributed by atoms with Gasteiger partial charge >= 0.3 is 5.97 Å². The quantitative estimate of drug-likeness (QED) is 0.716. The van der Waals surface area contributed by atoms with Gasteiger partial charge in [-0.25, -0.2) is 8.42 Å². The number of nitrogens with one attached hydrogen (secondary N) is 1. The van der Waals surface area contributed by atoms with E-state index in [1.807, 2.05) is 13.8 Å². The summed E-state index contributed by atoms with van der Waals surface area (Å²) in [7, 11) is -2.80. The van der Waals surface area contributed by atoms with Gasteiger partial charge in [-0.2, -0.15) is 4.72 Å². The van der Waals surface area contributed by atoms with Crippen molar-refractivity contribution in [3.63, 3.8) is 0 Å². The molecule has 0 unspecified atom stereocenters. The molecular formula is C15H22N2O5S. The number of nitrogens with two attached hydrogens (primary N) is 1. The summed E-state index contributed by atoms with van der Waals surface area (Å²) < 4.78 is 31.9. The Morgan fingerprint density at radius 1 is 1.30 bits per heavy atom. The highest BCUT2D eigenvalue weighted by Crippen LogP contribution is 2.17. The number of amides is 1. The van der Waals surface area contributed by atoms with Gasteiger partial charge in [-0.3, -0.25) is 9.59 Å². The molecule has 1 atom stereocenters. The van der Waals surface area contributed by atoms with Crippen molar-refractivity contribution in [3.8, 4) is 0 Å². The average Bonchev–Trinajstić information content (AvgIpc) is 2.44. The molecule has 0 aliphatic rings. The summed E-state index contributed by atoms with van der Waals surface area (Å²) in [5.41, 5.74) is 5.92. The summed E-state index contributed by atoms with van der Waals surface area (Å²) in [6.07, 6.45) is 0.292. The second kappa shape index (κ2) is 7.56. The van der Waals surface area contributed by atoms with E-state index in [9.17, 15) is 18.0 Å². The molecule has 1 aromatic rings. The molecule has 0 heterocycles. The van der Waals surface area contributed by atoms with E-state index in [2.05, 4.69) is 9.46 Å². The Labute approximate surface area is 136 Å². The van der Waals surface area contributed by atoms with Crippen LogP contribution in [0.3, 0.4) is 0 Å². The number of carbonyl (C=O) groups is 2. The fraction of sp³-hybridized carbons (Fsp3) is 0.467. The number of aryl methyl sites for hydroxylation is 1. The SMILES string of the molecule is COC(=O)[C@H](CC(C)C)NS(=O)(=O)c1ccc(C)c(C(N)=O)c1. The fourth-order valence-corrected chi connectivity index (χ4v) is 3.32. The van der Waals surface area contributed by atoms with Gasteiger partial charge in [-0.15, -0.1) is 0 Å². The van der Waals surface area contributed by atoms with Crippen molar-refractivity contribution < 1.29 is 22.7 Å². The van der Waals surface area contributed by atoms with E-state index in [0.717, 1.165) is 0 Å². The van der Waals surface area contributed by atoms with E-state index in [0.29, 0.717) is 12.0 Å². The Bertz CT molecular complexity index is 698. The maximum atomic E-state index is 12.5. The highest BCUT2D eigenvalue weighted by Gasteiger charge is 2.27. The topological polar surface area (TPSA) is 116 Å². The van der Waals surface area contributed by atoms with Crippen molar-refractivity contribution in [2.45, 2.75) is 38.1 Å². The third kappa shape index (κ3) is 5.04. The summed E-state index contributed by atoms with van der Waals surface area (Å²) in [6, 6.07) is 3.05. The van der Waals surface area contributed by atoms with E-state index < -0.39 is 27.9 Å². The lowest BCUT2D eigenvalue weighted by molar-refractivity contribution is -0.143. The van der Waals surface area contributed by atoms with Crippen LogP contribution in [0.1, 0.15) is 36.2 Å². The summed E-state index contributed by atoms with van der Waals surface area (Å²) in [4.78, 5) is 23.0. The largest absolute Gasteiger partial charge is 0.468 e. The van der Waals surface area contributed by atoms with Crippen LogP contribution in [0.15, 0.2) is 23.1 Å². The number of hydrogen-bond donors (Lipinski definition) is 2. The number of hydrogen-bond acceptors (Lipinski definition) is 5. The molecule has 8 heteroatoms. The van der Waals surface area contributed by atoms with E-state index in [-0.39, 0.29) is 16.4 Å². The van der Waals surface area contributed by atoms with Gasteiger partial charge in [0, 0.05) is 5.56 Å². The number of sulfonamides is 1. The summed E-state index contributed by atoms with van der Waals surface area (Å²) >= 11 is 0. The van der Waals surface area contributed by atoms with Crippen LogP contribution in [0, 0.1) is 12.8 Å². The first-order chi connectivity index (χ1) is 10.6. The van der Waals surface area contributed by atoms with Crippen molar-refractivity contribution in [2.24, 2.45) is 11.7 Å². The predicted octanol–water partition coefficient (Wildman–Crippen LogP) is 0.960. The third-order valence-corrected chi connectivity index (χ3v) is 4.74. The van der Waals surface area contributed by atoms with E-state index in [1.165, 1.54) is 25.3 Å². The van der Waals surface area contributed by atoms with Gasteiger partial charge in [0.1, 0.15) is 6.04 Å². The molecule has 128 valence electrons. The molecule has 0 aliphatic carbocycles. The molecule has 0 bridgehead atoms. The Morgan fingerprint density at radius 2 is 1.91 bits per heavy atom. The lowest BCUT2D eigenvalue weighted by Crippen LogP contribution is -2.42. The Kier molecular flexibility index (Phi) is 6.28. The lowest BCUT2D eigenvalue weighted by atomic mass is 10.1. The molecule has 0 spiro atoms. The van der Waals surface area contributed by atoms with Crippen LogP contribution >= 0.6 is 0 Å². The highest BCUT2D eigenvalue weighted by atomic mass is 32.2. The van der Waals surface area contributed by atoms with E-state index in [1.54, 1.807) is 6.92 Å². The third-order valence-electron chi connectivity index (χ3n) is 3.28. The minimum absolute atomic E-state index is 0.0843. The van der Waals surface area contributed by atoms with Gasteiger partial charge in [0.05, 0.1) is 12.0 Å². The Balaban J connectivity index is 3.17. The zero-order valence-electron chi connectivity index (χ0n) is 13.6. The standard InChI is InChI=1S/C15H22N2O5S/c1-9(2)7-13(15(19)22-4)17-23(20,21)11-6-5-10(3)12(8-11)14(16)18/h5-6,8-9,13,17H,7H2,1-4H3,(H2,16,18)/t13-/m0/s1. The van der Waals surface area contributed by atoms with Crippen molar-refractivity contribution in [2.75, 3.05) is 7.11 Å². The molecule has 0 aromatic heterocycles. The number of rotatable bonds is 7. The maximum Gasteiger partial charge on any atom is 0.323 e. The number of carbonyl (C=O) groups excluding carboxylic acids is 2. The zero-order valence-corrected chi connectivity index (χ0v) is 14.4. The van der Waals surface area contributed by atoms with Crippen molar-refractivity contribution in [1.82, 2.24) is 4.72 Å². The van der Waals surface area contributed by atoms with Crippen LogP contribution in [0.2, 0.25) is 0 Å². The normalized spacial score (nSPS) is 12.9. The molecule has 0 radical (unpaired) electrons. The molecule has 0 saturated carbocycles. The van der Waals surface area contributed by atoms with Gasteiger partial charge < -0.3 is 10.5 Å². The van der Waals surface area contributed by atoms with Crippen LogP contribution < -0.4 is 10.5 Å². The molecule has 0 saturated heterocycles. The maximum absolute atomic E-state index is 12.5. The van der Waals surface area contributed by atoms with Gasteiger partial charge in [0.25, 0.3) is 0 Å². The molecule has 0 fully saturated rings. The Morgan fingerprint density at radius 3 is 2.39 bits per heavy atom. The van der Waals surface area contributed by atoms with E-state index >= 15 is 0 Å². The molecular weight excluding hydrogens is 320 g/mol. The second-order valence-electron chi connectivity index (χ2n) is 5.67. The number of ether oxygens (including phenoxy) is 1. The zero-order chi connectivity index (χ0) is 17.8. The molecule has 1 aromatic carbocycles. The number of primary amides is 1. The van der Waals surface area contributed by atoms with Crippen LogP contribution in [-0.2, 0) is 19.6 Å². The monoisotopic (exact) mass is 342 g/mol. The summed E-state index contributed by atoms with van der Waals surface area (Å²) in [6.45, 7) is 5.38. The number of benzene rings is 1. The molecule has 0 aliphatic heterocycles. The summed E-state index contributed by atoms with van der Waals surface area (Å²) in [5, 5.41) is 0. The molecule has 23 heavy (non-hydrogen) atoms. The van der Waals surface area contributed by atoms with Crippen molar-refractivity contribution >= 4 is 21.9 Å². The second-order valence-corrected chi connectivity index (χ2v) is 7.38. The fourth-order valence-electron chi connectivity index (χ4n) is 2.10. The molecule has 1 rings (SSSR count). The first-order valence-corrected chi connectivity index (χ1v) is 8.57. The van der Waals surface area contributed by atoms with Crippen LogP contribution in [0.5, 0.6) is 0 Å². The molecule has 1 amide bonds. The summed E-state index contributed by atoms with van der Waals surface area (Å²) in [5.74, 6) is -1.29. The van der Waals surface area contributed by atoms with Gasteiger partial charge in [-0.05, 0) is 37.0 Å². The van der Waals surface area contributed by atoms with Crippen LogP contribution in [-0.4, -0.2) is 33.4 Å². The predicted molar refractivity (Wildman–Crippen MR) is 85.3 cm³/mol. The number of esters is 1. The van der Waals surface area contributed by atoms with Crippen molar-refractivity contribution in [1.29, 1.82) is 0 Å². The van der Waals surface area contributed by atoms with Gasteiger partial charge in [0.15, 0.2) is 0 Å². The van der Waals surface area contributed by atoms with Gasteiger partial charge in [0.2, 0.25) is 15.9 Å². The number of methoxy groups -OCH3 is 1. The minimum Gasteiger partial charge on any atom is -0.468 e. The Hall–Kier alpha value is -1.93.